The maximum Gasteiger partial charge on any atom is 0.000986 e. The monoisotopic (exact) mass is 312 g/mol. The van der Waals surface area contributed by atoms with Gasteiger partial charge >= 0.3 is 0 Å². The Morgan fingerprint density at radius 1 is 0.818 bits per heavy atom. The van der Waals surface area contributed by atoms with Gasteiger partial charge in [-0.1, -0.05) is 13.8 Å². The van der Waals surface area contributed by atoms with Crippen LogP contribution in [0.1, 0.15) is 33.1 Å². The topological polar surface area (TPSA) is 21.8 Å². The minimum absolute atomic E-state index is 0.949. The molecule has 2 atom stereocenters. The van der Waals surface area contributed by atoms with Gasteiger partial charge in [-0.3, -0.25) is 0 Å². The van der Waals surface area contributed by atoms with Gasteiger partial charge in [-0.25, -0.2) is 0 Å². The molecule has 0 radical (unpaired) electrons. The number of rotatable bonds is 14. The lowest BCUT2D eigenvalue weighted by molar-refractivity contribution is 0.263. The van der Waals surface area contributed by atoms with Gasteiger partial charge in [-0.2, -0.15) is 0 Å². The van der Waals surface area contributed by atoms with Gasteiger partial charge in [0.2, 0.25) is 0 Å². The first-order valence-electron chi connectivity index (χ1n) is 9.33. The lowest BCUT2D eigenvalue weighted by Crippen LogP contribution is -2.29. The summed E-state index contributed by atoms with van der Waals surface area (Å²) in [6, 6.07) is 0. The Morgan fingerprint density at radius 2 is 1.36 bits per heavy atom. The Morgan fingerprint density at radius 3 is 1.91 bits per heavy atom. The van der Waals surface area contributed by atoms with E-state index in [2.05, 4.69) is 55.0 Å². The third-order valence-electron chi connectivity index (χ3n) is 4.92. The van der Waals surface area contributed by atoms with Crippen molar-refractivity contribution in [2.75, 3.05) is 73.5 Å². The highest BCUT2D eigenvalue weighted by atomic mass is 15.1. The van der Waals surface area contributed by atoms with Gasteiger partial charge in [0.1, 0.15) is 0 Å². The van der Waals surface area contributed by atoms with Gasteiger partial charge < -0.3 is 20.0 Å². The van der Waals surface area contributed by atoms with Crippen LogP contribution in [0.2, 0.25) is 0 Å². The molecule has 1 rings (SSSR count). The molecule has 2 unspecified atom stereocenters. The minimum Gasteiger partial charge on any atom is -0.317 e. The van der Waals surface area contributed by atoms with Crippen molar-refractivity contribution >= 4 is 0 Å². The predicted molar refractivity (Wildman–Crippen MR) is 97.5 cm³/mol. The summed E-state index contributed by atoms with van der Waals surface area (Å²) in [6.45, 7) is 14.1. The van der Waals surface area contributed by atoms with Crippen LogP contribution in [-0.4, -0.2) is 88.2 Å². The Kier molecular flexibility index (Phi) is 10.3. The van der Waals surface area contributed by atoms with E-state index in [9.17, 15) is 0 Å². The van der Waals surface area contributed by atoms with Crippen molar-refractivity contribution in [3.63, 3.8) is 0 Å². The summed E-state index contributed by atoms with van der Waals surface area (Å²) >= 11 is 0. The second-order valence-electron chi connectivity index (χ2n) is 7.24. The van der Waals surface area contributed by atoms with E-state index in [-0.39, 0.29) is 0 Å². The molecular weight excluding hydrogens is 272 g/mol. The molecule has 0 amide bonds. The Labute approximate surface area is 139 Å². The van der Waals surface area contributed by atoms with Crippen LogP contribution in [0.15, 0.2) is 0 Å². The van der Waals surface area contributed by atoms with Gasteiger partial charge in [0.15, 0.2) is 0 Å². The van der Waals surface area contributed by atoms with Gasteiger partial charge in [0.05, 0.1) is 0 Å². The molecule has 22 heavy (non-hydrogen) atoms. The maximum atomic E-state index is 3.40. The molecule has 1 fully saturated rings. The van der Waals surface area contributed by atoms with Crippen LogP contribution in [-0.2, 0) is 0 Å². The quantitative estimate of drug-likeness (QED) is 0.494. The molecule has 0 aromatic rings. The molecule has 4 heteroatoms. The average molecular weight is 313 g/mol. The zero-order valence-electron chi connectivity index (χ0n) is 15.8. The van der Waals surface area contributed by atoms with Crippen LogP contribution < -0.4 is 5.32 Å². The van der Waals surface area contributed by atoms with E-state index in [0.29, 0.717) is 0 Å². The van der Waals surface area contributed by atoms with Crippen LogP contribution in [0.25, 0.3) is 0 Å². The third-order valence-corrected chi connectivity index (χ3v) is 4.92. The Balaban J connectivity index is 2.00. The van der Waals surface area contributed by atoms with Crippen molar-refractivity contribution in [3.8, 4) is 0 Å². The summed E-state index contributed by atoms with van der Waals surface area (Å²) in [5.74, 6) is 1.90. The lowest BCUT2D eigenvalue weighted by Gasteiger charge is -2.20. The summed E-state index contributed by atoms with van der Waals surface area (Å²) in [7, 11) is 6.79. The number of nitrogens with zero attached hydrogens (tertiary/aromatic N) is 3. The van der Waals surface area contributed by atoms with Gasteiger partial charge in [0, 0.05) is 13.1 Å². The van der Waals surface area contributed by atoms with Gasteiger partial charge in [-0.05, 0) is 91.5 Å². The molecule has 1 aliphatic carbocycles. The Hall–Kier alpha value is -0.160. The van der Waals surface area contributed by atoms with Crippen molar-refractivity contribution in [2.45, 2.75) is 33.1 Å². The zero-order chi connectivity index (χ0) is 16.4. The molecule has 1 N–H and O–H groups in total. The summed E-state index contributed by atoms with van der Waals surface area (Å²) in [4.78, 5) is 7.47. The van der Waals surface area contributed by atoms with E-state index < -0.39 is 0 Å². The molecular formula is C18H40N4. The summed E-state index contributed by atoms with van der Waals surface area (Å²) in [6.07, 6.45) is 4.01. The molecule has 132 valence electrons. The highest BCUT2D eigenvalue weighted by Crippen LogP contribution is 2.39. The SMILES string of the molecule is CCNCCCN(C)CC1CC1CN(C)CCCN(C)CC. The van der Waals surface area contributed by atoms with E-state index in [1.807, 2.05) is 0 Å². The number of hydrogen-bond acceptors (Lipinski definition) is 4. The molecule has 0 aromatic heterocycles. The second-order valence-corrected chi connectivity index (χ2v) is 7.24. The standard InChI is InChI=1S/C18H40N4/c1-6-19-10-8-11-21(4)15-17-14-18(17)16-22(5)13-9-12-20(3)7-2/h17-19H,6-16H2,1-5H3. The van der Waals surface area contributed by atoms with E-state index >= 15 is 0 Å². The van der Waals surface area contributed by atoms with E-state index in [0.717, 1.165) is 31.5 Å². The van der Waals surface area contributed by atoms with Crippen LogP contribution >= 0.6 is 0 Å². The lowest BCUT2D eigenvalue weighted by atomic mass is 10.2. The first kappa shape index (κ1) is 19.9. The van der Waals surface area contributed by atoms with E-state index in [1.54, 1.807) is 0 Å². The fraction of sp³-hybridized carbons (Fsp3) is 1.00. The Bertz CT molecular complexity index is 272. The first-order valence-corrected chi connectivity index (χ1v) is 9.33. The molecule has 0 saturated heterocycles. The number of hydrogen-bond donors (Lipinski definition) is 1. The summed E-state index contributed by atoms with van der Waals surface area (Å²) in [5, 5.41) is 3.40. The van der Waals surface area contributed by atoms with Crippen LogP contribution in [0.4, 0.5) is 0 Å². The summed E-state index contributed by atoms with van der Waals surface area (Å²) in [5.41, 5.74) is 0. The highest BCUT2D eigenvalue weighted by molar-refractivity contribution is 4.89. The second kappa shape index (κ2) is 11.4. The van der Waals surface area contributed by atoms with Crippen LogP contribution in [0.5, 0.6) is 0 Å². The van der Waals surface area contributed by atoms with Crippen molar-refractivity contribution < 1.29 is 0 Å². The predicted octanol–water partition coefficient (Wildman–Crippen LogP) is 1.83. The van der Waals surface area contributed by atoms with Crippen molar-refractivity contribution in [1.82, 2.24) is 20.0 Å². The molecule has 0 bridgehead atoms. The molecule has 0 heterocycles. The fourth-order valence-corrected chi connectivity index (χ4v) is 3.16. The van der Waals surface area contributed by atoms with Crippen molar-refractivity contribution in [2.24, 2.45) is 11.8 Å². The van der Waals surface area contributed by atoms with E-state index in [1.165, 1.54) is 52.0 Å². The van der Waals surface area contributed by atoms with Crippen molar-refractivity contribution in [1.29, 1.82) is 0 Å². The summed E-state index contributed by atoms with van der Waals surface area (Å²) < 4.78 is 0. The smallest absolute Gasteiger partial charge is 0.000986 e. The molecule has 4 nitrogen and oxygen atoms in total. The minimum atomic E-state index is 0.949. The normalized spacial score (nSPS) is 21.3. The maximum absolute atomic E-state index is 3.40. The van der Waals surface area contributed by atoms with Gasteiger partial charge in [0.25, 0.3) is 0 Å². The first-order chi connectivity index (χ1) is 10.6. The van der Waals surface area contributed by atoms with Crippen LogP contribution in [0, 0.1) is 11.8 Å². The fourth-order valence-electron chi connectivity index (χ4n) is 3.16. The third kappa shape index (κ3) is 9.09. The van der Waals surface area contributed by atoms with E-state index in [4.69, 9.17) is 0 Å². The molecule has 0 aromatic carbocycles. The molecule has 0 spiro atoms. The highest BCUT2D eigenvalue weighted by Gasteiger charge is 2.37. The van der Waals surface area contributed by atoms with Crippen molar-refractivity contribution in [3.05, 3.63) is 0 Å². The molecule has 1 aliphatic rings. The van der Waals surface area contributed by atoms with Crippen LogP contribution in [0.3, 0.4) is 0 Å². The molecule has 1 saturated carbocycles. The number of nitrogens with one attached hydrogen (secondary N) is 1. The average Bonchev–Trinajstić information content (AvgIpc) is 3.20. The van der Waals surface area contributed by atoms with Gasteiger partial charge in [-0.15, -0.1) is 0 Å². The molecule has 0 aliphatic heterocycles. The largest absolute Gasteiger partial charge is 0.317 e. The zero-order valence-corrected chi connectivity index (χ0v) is 15.8.